The molecule has 0 bridgehead atoms. The van der Waals surface area contributed by atoms with Crippen LogP contribution in [0.15, 0.2) is 24.3 Å². The van der Waals surface area contributed by atoms with Gasteiger partial charge in [-0.15, -0.1) is 0 Å². The summed E-state index contributed by atoms with van der Waals surface area (Å²) < 4.78 is 0. The summed E-state index contributed by atoms with van der Waals surface area (Å²) in [6, 6.07) is 8.17. The number of halogens is 1. The van der Waals surface area contributed by atoms with Gasteiger partial charge in [-0.25, -0.2) is 0 Å². The standard InChI is InChI=1S/C14H20ClN3O/c1-14(16,10-19)17-13-6-7-18(9-13)8-11-2-4-12(15)5-3-11/h2-5,10,13,17H,6-9,16H2,1H3/t13-,14-/m0/s1. The van der Waals surface area contributed by atoms with Crippen LogP contribution < -0.4 is 11.1 Å². The number of nitrogens with two attached hydrogens (primary N) is 1. The van der Waals surface area contributed by atoms with Crippen LogP contribution in [-0.4, -0.2) is 36.0 Å². The summed E-state index contributed by atoms with van der Waals surface area (Å²) in [5, 5.41) is 3.94. The Morgan fingerprint density at radius 3 is 2.84 bits per heavy atom. The second kappa shape index (κ2) is 6.01. The number of carbonyl (C=O) groups is 1. The normalized spacial score (nSPS) is 23.2. The summed E-state index contributed by atoms with van der Waals surface area (Å²) in [5.74, 6) is 0. The quantitative estimate of drug-likeness (QED) is 0.632. The minimum Gasteiger partial charge on any atom is -0.308 e. The van der Waals surface area contributed by atoms with Crippen LogP contribution in [0.25, 0.3) is 0 Å². The van der Waals surface area contributed by atoms with E-state index in [4.69, 9.17) is 17.3 Å². The Bertz CT molecular complexity index is 433. The first-order valence-corrected chi connectivity index (χ1v) is 6.86. The molecule has 0 aromatic heterocycles. The van der Waals surface area contributed by atoms with E-state index in [1.807, 2.05) is 24.3 Å². The van der Waals surface area contributed by atoms with Gasteiger partial charge in [-0.2, -0.15) is 0 Å². The molecule has 1 aliphatic rings. The number of benzene rings is 1. The van der Waals surface area contributed by atoms with Gasteiger partial charge in [-0.05, 0) is 31.0 Å². The zero-order valence-electron chi connectivity index (χ0n) is 11.1. The van der Waals surface area contributed by atoms with Gasteiger partial charge in [0.1, 0.15) is 5.66 Å². The number of aldehydes is 1. The summed E-state index contributed by atoms with van der Waals surface area (Å²) >= 11 is 5.87. The smallest absolute Gasteiger partial charge is 0.154 e. The van der Waals surface area contributed by atoms with Crippen LogP contribution in [0.5, 0.6) is 0 Å². The number of nitrogens with one attached hydrogen (secondary N) is 1. The van der Waals surface area contributed by atoms with E-state index >= 15 is 0 Å². The topological polar surface area (TPSA) is 58.4 Å². The van der Waals surface area contributed by atoms with Gasteiger partial charge in [0.15, 0.2) is 6.29 Å². The Morgan fingerprint density at radius 2 is 2.21 bits per heavy atom. The molecule has 1 fully saturated rings. The summed E-state index contributed by atoms with van der Waals surface area (Å²) in [4.78, 5) is 13.2. The van der Waals surface area contributed by atoms with E-state index in [2.05, 4.69) is 10.2 Å². The van der Waals surface area contributed by atoms with Gasteiger partial charge in [0.25, 0.3) is 0 Å². The van der Waals surface area contributed by atoms with E-state index in [9.17, 15) is 4.79 Å². The highest BCUT2D eigenvalue weighted by Crippen LogP contribution is 2.16. The zero-order chi connectivity index (χ0) is 13.9. The summed E-state index contributed by atoms with van der Waals surface area (Å²) in [6.07, 6.45) is 1.77. The highest BCUT2D eigenvalue weighted by Gasteiger charge is 2.27. The maximum absolute atomic E-state index is 10.8. The van der Waals surface area contributed by atoms with Gasteiger partial charge in [0.2, 0.25) is 0 Å². The van der Waals surface area contributed by atoms with Crippen molar-refractivity contribution in [3.05, 3.63) is 34.9 Å². The molecule has 0 amide bonds. The first kappa shape index (κ1) is 14.5. The molecular weight excluding hydrogens is 262 g/mol. The van der Waals surface area contributed by atoms with Gasteiger partial charge >= 0.3 is 0 Å². The molecule has 19 heavy (non-hydrogen) atoms. The molecule has 0 aliphatic carbocycles. The van der Waals surface area contributed by atoms with Gasteiger partial charge in [0.05, 0.1) is 0 Å². The maximum atomic E-state index is 10.8. The molecule has 104 valence electrons. The van der Waals surface area contributed by atoms with Crippen molar-refractivity contribution >= 4 is 17.9 Å². The number of hydrogen-bond acceptors (Lipinski definition) is 4. The van der Waals surface area contributed by atoms with Crippen molar-refractivity contribution in [1.82, 2.24) is 10.2 Å². The van der Waals surface area contributed by atoms with Crippen molar-refractivity contribution in [1.29, 1.82) is 0 Å². The molecule has 1 aliphatic heterocycles. The molecule has 2 rings (SSSR count). The second-order valence-corrected chi connectivity index (χ2v) is 5.83. The highest BCUT2D eigenvalue weighted by molar-refractivity contribution is 6.30. The lowest BCUT2D eigenvalue weighted by atomic mass is 10.2. The molecule has 0 spiro atoms. The Hall–Kier alpha value is -0.940. The average Bonchev–Trinajstić information content (AvgIpc) is 2.79. The number of rotatable bonds is 5. The molecule has 0 saturated carbocycles. The third-order valence-corrected chi connectivity index (χ3v) is 3.60. The third-order valence-electron chi connectivity index (χ3n) is 3.35. The van der Waals surface area contributed by atoms with Crippen molar-refractivity contribution in [2.45, 2.75) is 31.6 Å². The van der Waals surface area contributed by atoms with Gasteiger partial charge in [-0.1, -0.05) is 23.7 Å². The number of hydrogen-bond donors (Lipinski definition) is 2. The Kier molecular flexibility index (Phi) is 4.58. The van der Waals surface area contributed by atoms with E-state index in [1.165, 1.54) is 5.56 Å². The maximum Gasteiger partial charge on any atom is 0.154 e. The van der Waals surface area contributed by atoms with E-state index in [1.54, 1.807) is 6.92 Å². The van der Waals surface area contributed by atoms with Gasteiger partial charge < -0.3 is 5.73 Å². The zero-order valence-corrected chi connectivity index (χ0v) is 11.9. The lowest BCUT2D eigenvalue weighted by molar-refractivity contribution is -0.113. The van der Waals surface area contributed by atoms with Crippen molar-refractivity contribution in [2.24, 2.45) is 5.73 Å². The summed E-state index contributed by atoms with van der Waals surface area (Å²) in [5.41, 5.74) is 6.11. The minimum absolute atomic E-state index is 0.271. The van der Waals surface area contributed by atoms with Crippen LogP contribution in [0, 0.1) is 0 Å². The molecular formula is C14H20ClN3O. The fraction of sp³-hybridized carbons (Fsp3) is 0.500. The van der Waals surface area contributed by atoms with E-state index < -0.39 is 5.66 Å². The first-order valence-electron chi connectivity index (χ1n) is 6.48. The molecule has 2 atom stereocenters. The van der Waals surface area contributed by atoms with Crippen LogP contribution in [-0.2, 0) is 11.3 Å². The lowest BCUT2D eigenvalue weighted by Gasteiger charge is -2.24. The Balaban J connectivity index is 1.85. The first-order chi connectivity index (χ1) is 8.98. The molecule has 1 aromatic carbocycles. The average molecular weight is 282 g/mol. The van der Waals surface area contributed by atoms with Gasteiger partial charge in [-0.3, -0.25) is 15.0 Å². The highest BCUT2D eigenvalue weighted by atomic mass is 35.5. The summed E-state index contributed by atoms with van der Waals surface area (Å²) in [7, 11) is 0. The predicted octanol–water partition coefficient (Wildman–Crippen LogP) is 1.38. The molecule has 1 aromatic rings. The molecule has 1 saturated heterocycles. The van der Waals surface area contributed by atoms with E-state index in [-0.39, 0.29) is 6.04 Å². The van der Waals surface area contributed by atoms with E-state index in [0.717, 1.165) is 37.4 Å². The number of likely N-dealkylation sites (tertiary alicyclic amines) is 1. The molecule has 5 heteroatoms. The fourth-order valence-electron chi connectivity index (χ4n) is 2.42. The SMILES string of the molecule is C[C@@](N)(C=O)N[C@H]1CCN(Cc2ccc(Cl)cc2)C1. The van der Waals surface area contributed by atoms with Crippen molar-refractivity contribution in [3.8, 4) is 0 Å². The second-order valence-electron chi connectivity index (χ2n) is 5.39. The molecule has 4 nitrogen and oxygen atoms in total. The van der Waals surface area contributed by atoms with Crippen LogP contribution in [0.1, 0.15) is 18.9 Å². The monoisotopic (exact) mass is 281 g/mol. The van der Waals surface area contributed by atoms with Gasteiger partial charge in [0, 0.05) is 30.7 Å². The van der Waals surface area contributed by atoms with Crippen LogP contribution in [0.2, 0.25) is 5.02 Å². The number of carbonyl (C=O) groups excluding carboxylic acids is 1. The molecule has 0 radical (unpaired) electrons. The fourth-order valence-corrected chi connectivity index (χ4v) is 2.54. The van der Waals surface area contributed by atoms with Crippen molar-refractivity contribution < 1.29 is 4.79 Å². The Labute approximate surface area is 118 Å². The minimum atomic E-state index is -0.930. The van der Waals surface area contributed by atoms with Crippen molar-refractivity contribution in [3.63, 3.8) is 0 Å². The summed E-state index contributed by atoms with van der Waals surface area (Å²) in [6.45, 7) is 4.51. The lowest BCUT2D eigenvalue weighted by Crippen LogP contribution is -2.56. The largest absolute Gasteiger partial charge is 0.308 e. The van der Waals surface area contributed by atoms with Crippen molar-refractivity contribution in [2.75, 3.05) is 13.1 Å². The molecule has 0 unspecified atom stereocenters. The van der Waals surface area contributed by atoms with Crippen LogP contribution in [0.4, 0.5) is 0 Å². The predicted molar refractivity (Wildman–Crippen MR) is 76.9 cm³/mol. The van der Waals surface area contributed by atoms with Crippen LogP contribution in [0.3, 0.4) is 0 Å². The number of nitrogens with zero attached hydrogens (tertiary/aromatic N) is 1. The molecule has 1 heterocycles. The van der Waals surface area contributed by atoms with E-state index in [0.29, 0.717) is 0 Å². The Morgan fingerprint density at radius 1 is 1.53 bits per heavy atom. The van der Waals surface area contributed by atoms with Crippen LogP contribution >= 0.6 is 11.6 Å². The molecule has 3 N–H and O–H groups in total. The third kappa shape index (κ3) is 4.28.